The normalized spacial score (nSPS) is 10.3. The number of anilines is 1. The number of pyridine rings is 1. The van der Waals surface area contributed by atoms with Gasteiger partial charge in [-0.2, -0.15) is 5.26 Å². The highest BCUT2D eigenvalue weighted by atomic mass is 16.5. The first-order valence-corrected chi connectivity index (χ1v) is 8.70. The number of ether oxygens (including phenoxy) is 1. The first-order valence-electron chi connectivity index (χ1n) is 8.70. The predicted molar refractivity (Wildman–Crippen MR) is 105 cm³/mol. The van der Waals surface area contributed by atoms with Gasteiger partial charge in [0.1, 0.15) is 23.2 Å². The number of benzene rings is 2. The smallest absolute Gasteiger partial charge is 0.142 e. The number of hydrogen-bond acceptors (Lipinski definition) is 4. The minimum Gasteiger partial charge on any atom is -0.494 e. The molecule has 0 saturated carbocycles. The van der Waals surface area contributed by atoms with E-state index in [-0.39, 0.29) is 5.82 Å². The van der Waals surface area contributed by atoms with E-state index in [1.807, 2.05) is 61.5 Å². The largest absolute Gasteiger partial charge is 0.494 e. The molecule has 3 aromatic rings. The van der Waals surface area contributed by atoms with Gasteiger partial charge in [0.15, 0.2) is 0 Å². The fraction of sp³-hybridized carbons (Fsp3) is 0.182. The molecule has 0 unspecified atom stereocenters. The Bertz CT molecular complexity index is 942. The summed E-state index contributed by atoms with van der Waals surface area (Å²) < 4.78 is 5.52. The van der Waals surface area contributed by atoms with E-state index < -0.39 is 0 Å². The van der Waals surface area contributed by atoms with Crippen LogP contribution in [0.15, 0.2) is 54.6 Å². The molecule has 0 bridgehead atoms. The summed E-state index contributed by atoms with van der Waals surface area (Å²) >= 11 is 0. The van der Waals surface area contributed by atoms with E-state index in [1.54, 1.807) is 0 Å². The predicted octanol–water partition coefficient (Wildman–Crippen LogP) is 4.83. The monoisotopic (exact) mass is 343 g/mol. The lowest BCUT2D eigenvalue weighted by Gasteiger charge is -2.17. The molecule has 0 amide bonds. The summed E-state index contributed by atoms with van der Waals surface area (Å²) in [6.45, 7) is 4.63. The van der Waals surface area contributed by atoms with Crippen LogP contribution in [0.25, 0.3) is 22.4 Å². The van der Waals surface area contributed by atoms with Crippen LogP contribution >= 0.6 is 0 Å². The Labute approximate surface area is 153 Å². The molecule has 0 saturated heterocycles. The molecule has 2 aromatic carbocycles. The van der Waals surface area contributed by atoms with Gasteiger partial charge in [-0.15, -0.1) is 0 Å². The van der Waals surface area contributed by atoms with Gasteiger partial charge < -0.3 is 10.5 Å². The molecule has 0 fully saturated rings. The molecule has 130 valence electrons. The maximum Gasteiger partial charge on any atom is 0.142 e. The van der Waals surface area contributed by atoms with Crippen LogP contribution in [-0.4, -0.2) is 11.6 Å². The van der Waals surface area contributed by atoms with Crippen LogP contribution in [0, 0.1) is 11.3 Å². The Morgan fingerprint density at radius 3 is 2.27 bits per heavy atom. The quantitative estimate of drug-likeness (QED) is 0.720. The maximum absolute atomic E-state index is 9.69. The minimum absolute atomic E-state index is 0.257. The summed E-state index contributed by atoms with van der Waals surface area (Å²) in [5, 5.41) is 9.69. The van der Waals surface area contributed by atoms with E-state index in [1.165, 1.54) is 0 Å². The fourth-order valence-electron chi connectivity index (χ4n) is 3.14. The number of nitrogens with two attached hydrogens (primary N) is 1. The van der Waals surface area contributed by atoms with Gasteiger partial charge in [0.2, 0.25) is 0 Å². The number of nitrogen functional groups attached to an aromatic ring is 1. The second-order valence-corrected chi connectivity index (χ2v) is 5.86. The molecule has 0 spiro atoms. The average molecular weight is 343 g/mol. The number of nitriles is 1. The zero-order valence-electron chi connectivity index (χ0n) is 15.0. The third-order valence-electron chi connectivity index (χ3n) is 4.29. The van der Waals surface area contributed by atoms with Crippen LogP contribution in [0.1, 0.15) is 25.0 Å². The molecule has 0 radical (unpaired) electrons. The lowest BCUT2D eigenvalue weighted by molar-refractivity contribution is 0.340. The zero-order chi connectivity index (χ0) is 18.5. The summed E-state index contributed by atoms with van der Waals surface area (Å²) in [6.07, 6.45) is 0.745. The first-order chi connectivity index (χ1) is 12.7. The molecule has 3 rings (SSSR count). The van der Waals surface area contributed by atoms with E-state index in [9.17, 15) is 5.26 Å². The van der Waals surface area contributed by atoms with Crippen molar-refractivity contribution in [1.29, 1.82) is 5.26 Å². The molecule has 26 heavy (non-hydrogen) atoms. The third-order valence-corrected chi connectivity index (χ3v) is 4.29. The lowest BCUT2D eigenvalue weighted by atomic mass is 9.90. The van der Waals surface area contributed by atoms with Gasteiger partial charge in [-0.05, 0) is 36.6 Å². The van der Waals surface area contributed by atoms with Crippen LogP contribution < -0.4 is 10.5 Å². The Balaban J connectivity index is 2.25. The topological polar surface area (TPSA) is 71.9 Å². The average Bonchev–Trinajstić information content (AvgIpc) is 2.68. The molecule has 2 N–H and O–H groups in total. The molecule has 0 aliphatic carbocycles. The van der Waals surface area contributed by atoms with E-state index in [4.69, 9.17) is 10.5 Å². The summed E-state index contributed by atoms with van der Waals surface area (Å²) in [5.74, 6) is 1.06. The summed E-state index contributed by atoms with van der Waals surface area (Å²) in [5.41, 5.74) is 11.2. The van der Waals surface area contributed by atoms with Crippen molar-refractivity contribution in [3.63, 3.8) is 0 Å². The molecule has 4 heteroatoms. The molecule has 1 aromatic heterocycles. The fourth-order valence-corrected chi connectivity index (χ4v) is 3.14. The van der Waals surface area contributed by atoms with Crippen molar-refractivity contribution >= 4 is 5.82 Å². The Hall–Kier alpha value is -3.32. The SMILES string of the molecule is CCOc1ccc(-c2c(C#N)c(N)nc(-c3ccccc3)c2CC)cc1. The van der Waals surface area contributed by atoms with Crippen molar-refractivity contribution in [2.45, 2.75) is 20.3 Å². The van der Waals surface area contributed by atoms with Gasteiger partial charge in [-0.3, -0.25) is 0 Å². The van der Waals surface area contributed by atoms with Crippen molar-refractivity contribution in [3.8, 4) is 34.2 Å². The Morgan fingerprint density at radius 1 is 1.00 bits per heavy atom. The number of hydrogen-bond donors (Lipinski definition) is 1. The van der Waals surface area contributed by atoms with Crippen molar-refractivity contribution in [3.05, 3.63) is 65.7 Å². The van der Waals surface area contributed by atoms with Crippen molar-refractivity contribution < 1.29 is 4.74 Å². The van der Waals surface area contributed by atoms with Crippen LogP contribution in [0.5, 0.6) is 5.75 Å². The second kappa shape index (κ2) is 7.71. The Kier molecular flexibility index (Phi) is 5.19. The third kappa shape index (κ3) is 3.25. The minimum atomic E-state index is 0.257. The van der Waals surface area contributed by atoms with Gasteiger partial charge in [-0.25, -0.2) is 4.98 Å². The molecular weight excluding hydrogens is 322 g/mol. The number of aromatic nitrogens is 1. The van der Waals surface area contributed by atoms with Gasteiger partial charge in [0.25, 0.3) is 0 Å². The standard InChI is InChI=1S/C22H21N3O/c1-3-18-20(15-10-12-17(13-11-15)26-4-2)19(14-23)22(24)25-21(18)16-8-6-5-7-9-16/h5-13H,3-4H2,1-2H3,(H2,24,25). The van der Waals surface area contributed by atoms with Crippen molar-refractivity contribution in [1.82, 2.24) is 4.98 Å². The van der Waals surface area contributed by atoms with Crippen LogP contribution in [0.2, 0.25) is 0 Å². The van der Waals surface area contributed by atoms with Crippen LogP contribution in [0.3, 0.4) is 0 Å². The van der Waals surface area contributed by atoms with Gasteiger partial charge in [0, 0.05) is 11.1 Å². The zero-order valence-corrected chi connectivity index (χ0v) is 15.0. The molecule has 4 nitrogen and oxygen atoms in total. The first kappa shape index (κ1) is 17.5. The van der Waals surface area contributed by atoms with E-state index in [2.05, 4.69) is 18.0 Å². The summed E-state index contributed by atoms with van der Waals surface area (Å²) in [4.78, 5) is 4.55. The van der Waals surface area contributed by atoms with Crippen LogP contribution in [0.4, 0.5) is 5.82 Å². The highest BCUT2D eigenvalue weighted by Gasteiger charge is 2.19. The van der Waals surface area contributed by atoms with Gasteiger partial charge in [-0.1, -0.05) is 49.4 Å². The number of rotatable bonds is 5. The molecule has 1 heterocycles. The molecular formula is C22H21N3O. The lowest BCUT2D eigenvalue weighted by Crippen LogP contribution is -2.05. The second-order valence-electron chi connectivity index (χ2n) is 5.86. The molecule has 0 aliphatic rings. The molecule has 0 aliphatic heterocycles. The van der Waals surface area contributed by atoms with Crippen molar-refractivity contribution in [2.75, 3.05) is 12.3 Å². The van der Waals surface area contributed by atoms with Crippen molar-refractivity contribution in [2.24, 2.45) is 0 Å². The number of nitrogens with zero attached hydrogens (tertiary/aromatic N) is 2. The maximum atomic E-state index is 9.69. The van der Waals surface area contributed by atoms with Crippen LogP contribution in [-0.2, 0) is 6.42 Å². The van der Waals surface area contributed by atoms with Gasteiger partial charge >= 0.3 is 0 Å². The van der Waals surface area contributed by atoms with E-state index in [0.717, 1.165) is 40.1 Å². The summed E-state index contributed by atoms with van der Waals surface area (Å²) in [6, 6.07) is 19.9. The van der Waals surface area contributed by atoms with E-state index in [0.29, 0.717) is 12.2 Å². The van der Waals surface area contributed by atoms with Gasteiger partial charge in [0.05, 0.1) is 12.3 Å². The molecule has 0 atom stereocenters. The summed E-state index contributed by atoms with van der Waals surface area (Å²) in [7, 11) is 0. The highest BCUT2D eigenvalue weighted by molar-refractivity contribution is 5.84. The van der Waals surface area contributed by atoms with E-state index >= 15 is 0 Å². The highest BCUT2D eigenvalue weighted by Crippen LogP contribution is 2.37. The Morgan fingerprint density at radius 2 is 1.69 bits per heavy atom.